The number of amides is 1. The highest BCUT2D eigenvalue weighted by Crippen LogP contribution is 2.20. The van der Waals surface area contributed by atoms with Gasteiger partial charge in [-0.15, -0.1) is 0 Å². The summed E-state index contributed by atoms with van der Waals surface area (Å²) in [4.78, 5) is 16.7. The molecule has 0 bridgehead atoms. The molecule has 5 nitrogen and oxygen atoms in total. The first kappa shape index (κ1) is 18.4. The van der Waals surface area contributed by atoms with Crippen LogP contribution in [0.2, 0.25) is 0 Å². The van der Waals surface area contributed by atoms with Gasteiger partial charge in [-0.3, -0.25) is 9.69 Å². The van der Waals surface area contributed by atoms with Gasteiger partial charge in [0, 0.05) is 26.7 Å². The molecule has 124 valence electrons. The van der Waals surface area contributed by atoms with Crippen molar-refractivity contribution in [1.29, 1.82) is 0 Å². The molecule has 1 amide bonds. The van der Waals surface area contributed by atoms with Crippen LogP contribution in [0.25, 0.3) is 0 Å². The molecule has 1 aliphatic rings. The monoisotopic (exact) mass is 300 g/mol. The highest BCUT2D eigenvalue weighted by atomic mass is 16.5. The van der Waals surface area contributed by atoms with Gasteiger partial charge in [-0.2, -0.15) is 0 Å². The third-order valence-electron chi connectivity index (χ3n) is 3.73. The molecule has 0 aromatic rings. The third kappa shape index (κ3) is 5.57. The van der Waals surface area contributed by atoms with Crippen molar-refractivity contribution in [2.24, 2.45) is 5.92 Å². The van der Waals surface area contributed by atoms with E-state index in [0.717, 1.165) is 13.1 Å². The van der Waals surface area contributed by atoms with Gasteiger partial charge in [0.2, 0.25) is 5.91 Å². The van der Waals surface area contributed by atoms with E-state index < -0.39 is 5.60 Å². The number of carbonyl (C=O) groups excluding carboxylic acids is 1. The molecule has 3 atom stereocenters. The Morgan fingerprint density at radius 2 is 1.81 bits per heavy atom. The van der Waals surface area contributed by atoms with E-state index in [1.165, 1.54) is 0 Å². The molecule has 21 heavy (non-hydrogen) atoms. The molecule has 1 aliphatic heterocycles. The number of nitrogens with zero attached hydrogens (tertiary/aromatic N) is 2. The predicted octanol–water partition coefficient (Wildman–Crippen LogP) is 1.35. The number of ether oxygens (including phenoxy) is 1. The van der Waals surface area contributed by atoms with Crippen LogP contribution in [0.3, 0.4) is 0 Å². The van der Waals surface area contributed by atoms with E-state index in [9.17, 15) is 9.90 Å². The number of hydrogen-bond donors (Lipinski definition) is 1. The normalized spacial score (nSPS) is 26.0. The molecule has 5 heteroatoms. The van der Waals surface area contributed by atoms with Crippen molar-refractivity contribution < 1.29 is 14.6 Å². The topological polar surface area (TPSA) is 53.0 Å². The summed E-state index contributed by atoms with van der Waals surface area (Å²) in [6.07, 6.45) is 0.282. The molecule has 1 rings (SSSR count). The molecule has 0 aliphatic carbocycles. The fourth-order valence-electron chi connectivity index (χ4n) is 3.19. The van der Waals surface area contributed by atoms with Crippen LogP contribution in [-0.4, -0.2) is 71.3 Å². The zero-order chi connectivity index (χ0) is 16.4. The van der Waals surface area contributed by atoms with Crippen molar-refractivity contribution in [1.82, 2.24) is 9.80 Å². The van der Waals surface area contributed by atoms with Gasteiger partial charge >= 0.3 is 0 Å². The molecule has 0 aromatic heterocycles. The Bertz CT molecular complexity index is 342. The van der Waals surface area contributed by atoms with Crippen LogP contribution in [0.15, 0.2) is 0 Å². The molecular formula is C16H32N2O3. The Kier molecular flexibility index (Phi) is 6.20. The molecule has 0 aromatic carbocycles. The van der Waals surface area contributed by atoms with Crippen molar-refractivity contribution in [2.45, 2.75) is 65.4 Å². The number of hydrogen-bond acceptors (Lipinski definition) is 4. The zero-order valence-corrected chi connectivity index (χ0v) is 14.6. The summed E-state index contributed by atoms with van der Waals surface area (Å²) in [5.41, 5.74) is -0.877. The van der Waals surface area contributed by atoms with E-state index >= 15 is 0 Å². The number of aliphatic hydroxyl groups is 1. The van der Waals surface area contributed by atoms with Crippen LogP contribution in [-0.2, 0) is 9.53 Å². The van der Waals surface area contributed by atoms with Crippen molar-refractivity contribution >= 4 is 5.91 Å². The van der Waals surface area contributed by atoms with Crippen LogP contribution in [0.4, 0.5) is 0 Å². The molecule has 0 saturated carbocycles. The minimum absolute atomic E-state index is 0.0772. The summed E-state index contributed by atoms with van der Waals surface area (Å²) >= 11 is 0. The molecule has 0 spiro atoms. The standard InChI is InChI=1S/C16H32N2O3/c1-11(2)14(15(19)17(7)10-16(5,6)20)18-8-12(3)21-13(4)9-18/h11-14,20H,8-10H2,1-7H3. The van der Waals surface area contributed by atoms with E-state index in [0.29, 0.717) is 6.54 Å². The van der Waals surface area contributed by atoms with E-state index in [1.54, 1.807) is 25.8 Å². The first-order valence-corrected chi connectivity index (χ1v) is 7.88. The van der Waals surface area contributed by atoms with E-state index in [2.05, 4.69) is 18.7 Å². The van der Waals surface area contributed by atoms with Crippen LogP contribution >= 0.6 is 0 Å². The Morgan fingerprint density at radius 3 is 2.19 bits per heavy atom. The lowest BCUT2D eigenvalue weighted by atomic mass is 9.98. The molecule has 1 heterocycles. The van der Waals surface area contributed by atoms with Crippen LogP contribution in [0, 0.1) is 5.92 Å². The first-order valence-electron chi connectivity index (χ1n) is 7.88. The minimum Gasteiger partial charge on any atom is -0.389 e. The molecule has 0 radical (unpaired) electrons. The fourth-order valence-corrected chi connectivity index (χ4v) is 3.19. The Morgan fingerprint density at radius 1 is 1.33 bits per heavy atom. The van der Waals surface area contributed by atoms with Gasteiger partial charge < -0.3 is 14.7 Å². The molecular weight excluding hydrogens is 268 g/mol. The second kappa shape index (κ2) is 7.07. The number of carbonyl (C=O) groups is 1. The van der Waals surface area contributed by atoms with Gasteiger partial charge in [0.05, 0.1) is 23.9 Å². The fraction of sp³-hybridized carbons (Fsp3) is 0.938. The van der Waals surface area contributed by atoms with Crippen molar-refractivity contribution in [3.05, 3.63) is 0 Å². The van der Waals surface area contributed by atoms with Crippen LogP contribution < -0.4 is 0 Å². The maximum absolute atomic E-state index is 12.8. The lowest BCUT2D eigenvalue weighted by molar-refractivity contribution is -0.146. The van der Waals surface area contributed by atoms with Crippen LogP contribution in [0.1, 0.15) is 41.5 Å². The molecule has 1 fully saturated rings. The Balaban J connectivity index is 2.83. The summed E-state index contributed by atoms with van der Waals surface area (Å²) in [5, 5.41) is 9.92. The molecule has 3 unspecified atom stereocenters. The lowest BCUT2D eigenvalue weighted by Crippen LogP contribution is -2.58. The maximum Gasteiger partial charge on any atom is 0.240 e. The van der Waals surface area contributed by atoms with Crippen molar-refractivity contribution in [3.63, 3.8) is 0 Å². The third-order valence-corrected chi connectivity index (χ3v) is 3.73. The zero-order valence-electron chi connectivity index (χ0n) is 14.6. The van der Waals surface area contributed by atoms with E-state index in [1.807, 2.05) is 13.8 Å². The Hall–Kier alpha value is -0.650. The minimum atomic E-state index is -0.877. The summed E-state index contributed by atoms with van der Waals surface area (Å²) in [6, 6.07) is -0.161. The van der Waals surface area contributed by atoms with Crippen LogP contribution in [0.5, 0.6) is 0 Å². The maximum atomic E-state index is 12.8. The quantitative estimate of drug-likeness (QED) is 0.833. The Labute approximate surface area is 129 Å². The van der Waals surface area contributed by atoms with E-state index in [-0.39, 0.29) is 30.1 Å². The van der Waals surface area contributed by atoms with Gasteiger partial charge in [-0.1, -0.05) is 13.8 Å². The summed E-state index contributed by atoms with van der Waals surface area (Å²) in [7, 11) is 1.77. The van der Waals surface area contributed by atoms with Crippen molar-refractivity contribution in [2.75, 3.05) is 26.7 Å². The lowest BCUT2D eigenvalue weighted by Gasteiger charge is -2.42. The number of likely N-dealkylation sites (N-methyl/N-ethyl adjacent to an activating group) is 1. The smallest absolute Gasteiger partial charge is 0.240 e. The SMILES string of the molecule is CC1CN(C(C(=O)N(C)CC(C)(C)O)C(C)C)CC(C)O1. The van der Waals surface area contributed by atoms with Gasteiger partial charge in [0.15, 0.2) is 0 Å². The largest absolute Gasteiger partial charge is 0.389 e. The van der Waals surface area contributed by atoms with Gasteiger partial charge in [-0.05, 0) is 33.6 Å². The van der Waals surface area contributed by atoms with Crippen molar-refractivity contribution in [3.8, 4) is 0 Å². The molecule has 1 saturated heterocycles. The second-order valence-electron chi connectivity index (χ2n) is 7.41. The summed E-state index contributed by atoms with van der Waals surface area (Å²) in [5.74, 6) is 0.299. The van der Waals surface area contributed by atoms with E-state index in [4.69, 9.17) is 4.74 Å². The molecule has 1 N–H and O–H groups in total. The first-order chi connectivity index (χ1) is 9.51. The van der Waals surface area contributed by atoms with Gasteiger partial charge in [0.25, 0.3) is 0 Å². The summed E-state index contributed by atoms with van der Waals surface area (Å²) < 4.78 is 5.76. The summed E-state index contributed by atoms with van der Waals surface area (Å²) in [6.45, 7) is 13.6. The average molecular weight is 300 g/mol. The average Bonchev–Trinajstić information content (AvgIpc) is 2.24. The highest BCUT2D eigenvalue weighted by molar-refractivity contribution is 5.82. The van der Waals surface area contributed by atoms with Gasteiger partial charge in [-0.25, -0.2) is 0 Å². The number of rotatable bonds is 5. The predicted molar refractivity (Wildman–Crippen MR) is 84.1 cm³/mol. The number of morpholine rings is 1. The second-order valence-corrected chi connectivity index (χ2v) is 7.41. The highest BCUT2D eigenvalue weighted by Gasteiger charge is 2.36. The van der Waals surface area contributed by atoms with Gasteiger partial charge in [0.1, 0.15) is 0 Å².